The number of thiophene rings is 1. The fourth-order valence-corrected chi connectivity index (χ4v) is 2.33. The normalized spacial score (nSPS) is 10.8. The second kappa shape index (κ2) is 6.16. The number of carbonyl (C=O) groups is 2. The van der Waals surface area contributed by atoms with Crippen LogP contribution in [0, 0.1) is 6.92 Å². The van der Waals surface area contributed by atoms with E-state index in [2.05, 4.69) is 10.5 Å². The third kappa shape index (κ3) is 3.55. The molecule has 2 aromatic rings. The van der Waals surface area contributed by atoms with Gasteiger partial charge in [-0.05, 0) is 30.0 Å². The molecular weight excluding hydrogens is 280 g/mol. The Morgan fingerprint density at radius 2 is 2.35 bits per heavy atom. The van der Waals surface area contributed by atoms with Crippen LogP contribution >= 0.6 is 11.3 Å². The second-order valence-electron chi connectivity index (χ2n) is 3.98. The molecule has 2 N–H and O–H groups in total. The topological polar surface area (TPSA) is 92.4 Å². The Labute approximate surface area is 118 Å². The molecule has 0 aliphatic heterocycles. The summed E-state index contributed by atoms with van der Waals surface area (Å²) in [7, 11) is 0. The number of hydrogen-bond donors (Lipinski definition) is 2. The van der Waals surface area contributed by atoms with Gasteiger partial charge in [-0.3, -0.25) is 4.79 Å². The van der Waals surface area contributed by atoms with Crippen molar-refractivity contribution in [3.8, 4) is 0 Å². The number of nitrogens with zero attached hydrogens (tertiary/aromatic N) is 1. The minimum atomic E-state index is -1.01. The highest BCUT2D eigenvalue weighted by Crippen LogP contribution is 2.18. The van der Waals surface area contributed by atoms with Crippen molar-refractivity contribution < 1.29 is 19.2 Å². The number of amides is 1. The Kier molecular flexibility index (Phi) is 4.31. The number of carbonyl (C=O) groups excluding carboxylic acids is 1. The summed E-state index contributed by atoms with van der Waals surface area (Å²) in [6, 6.07) is 3.35. The zero-order valence-electron chi connectivity index (χ0n) is 10.6. The first-order valence-corrected chi connectivity index (χ1v) is 6.63. The van der Waals surface area contributed by atoms with Crippen molar-refractivity contribution in [1.29, 1.82) is 0 Å². The van der Waals surface area contributed by atoms with Gasteiger partial charge in [-0.2, -0.15) is 0 Å². The van der Waals surface area contributed by atoms with Gasteiger partial charge in [0.05, 0.1) is 6.54 Å². The van der Waals surface area contributed by atoms with Gasteiger partial charge in [0.15, 0.2) is 5.69 Å². The quantitative estimate of drug-likeness (QED) is 0.823. The SMILES string of the molecule is Cc1cc(C(=O)NCc2sccc2/C=C/C(=O)O)no1. The highest BCUT2D eigenvalue weighted by Gasteiger charge is 2.11. The van der Waals surface area contributed by atoms with Crippen molar-refractivity contribution in [2.75, 3.05) is 0 Å². The number of carboxylic acid groups (broad SMARTS) is 1. The lowest BCUT2D eigenvalue weighted by atomic mass is 10.2. The Morgan fingerprint density at radius 1 is 1.55 bits per heavy atom. The Bertz CT molecular complexity index is 657. The van der Waals surface area contributed by atoms with E-state index in [1.54, 1.807) is 19.1 Å². The van der Waals surface area contributed by atoms with E-state index in [4.69, 9.17) is 9.63 Å². The first kappa shape index (κ1) is 14.0. The van der Waals surface area contributed by atoms with Crippen LogP contribution in [0.25, 0.3) is 6.08 Å². The molecule has 0 fully saturated rings. The number of hydrogen-bond acceptors (Lipinski definition) is 5. The van der Waals surface area contributed by atoms with Crippen LogP contribution in [0.1, 0.15) is 26.7 Å². The fourth-order valence-electron chi connectivity index (χ4n) is 1.53. The molecular formula is C13H12N2O4S. The van der Waals surface area contributed by atoms with E-state index in [1.165, 1.54) is 17.4 Å². The minimum Gasteiger partial charge on any atom is -0.478 e. The van der Waals surface area contributed by atoms with Gasteiger partial charge < -0.3 is 14.9 Å². The Hall–Kier alpha value is -2.41. The molecule has 7 heteroatoms. The first-order chi connectivity index (χ1) is 9.56. The zero-order valence-corrected chi connectivity index (χ0v) is 11.4. The predicted molar refractivity (Wildman–Crippen MR) is 73.4 cm³/mol. The van der Waals surface area contributed by atoms with E-state index in [0.29, 0.717) is 12.3 Å². The minimum absolute atomic E-state index is 0.224. The standard InChI is InChI=1S/C13H12N2O4S/c1-8-6-10(15-19-8)13(18)14-7-11-9(4-5-20-11)2-3-12(16)17/h2-6H,7H2,1H3,(H,14,18)(H,16,17)/b3-2+. The summed E-state index contributed by atoms with van der Waals surface area (Å²) in [6.07, 6.45) is 2.56. The summed E-state index contributed by atoms with van der Waals surface area (Å²) in [4.78, 5) is 23.1. The number of carboxylic acids is 1. The van der Waals surface area contributed by atoms with Crippen molar-refractivity contribution in [3.63, 3.8) is 0 Å². The van der Waals surface area contributed by atoms with Gasteiger partial charge in [0.1, 0.15) is 5.76 Å². The maximum atomic E-state index is 11.8. The molecule has 2 aromatic heterocycles. The highest BCUT2D eigenvalue weighted by molar-refractivity contribution is 7.10. The third-order valence-electron chi connectivity index (χ3n) is 2.46. The van der Waals surface area contributed by atoms with Crippen molar-refractivity contribution in [2.24, 2.45) is 0 Å². The van der Waals surface area contributed by atoms with E-state index in [-0.39, 0.29) is 11.6 Å². The molecule has 0 aliphatic rings. The lowest BCUT2D eigenvalue weighted by Gasteiger charge is -2.02. The lowest BCUT2D eigenvalue weighted by molar-refractivity contribution is -0.131. The maximum Gasteiger partial charge on any atom is 0.328 e. The maximum absolute atomic E-state index is 11.8. The number of aryl methyl sites for hydroxylation is 1. The third-order valence-corrected chi connectivity index (χ3v) is 3.39. The molecule has 0 radical (unpaired) electrons. The smallest absolute Gasteiger partial charge is 0.328 e. The molecule has 0 spiro atoms. The van der Waals surface area contributed by atoms with Gasteiger partial charge in [0.25, 0.3) is 5.91 Å². The van der Waals surface area contributed by atoms with Crippen molar-refractivity contribution in [2.45, 2.75) is 13.5 Å². The van der Waals surface area contributed by atoms with Gasteiger partial charge in [-0.15, -0.1) is 11.3 Å². The molecule has 0 aromatic carbocycles. The van der Waals surface area contributed by atoms with Gasteiger partial charge in [0.2, 0.25) is 0 Å². The molecule has 0 unspecified atom stereocenters. The van der Waals surface area contributed by atoms with Crippen molar-refractivity contribution in [3.05, 3.63) is 45.5 Å². The van der Waals surface area contributed by atoms with Crippen LogP contribution in [-0.2, 0) is 11.3 Å². The van der Waals surface area contributed by atoms with E-state index >= 15 is 0 Å². The molecule has 0 atom stereocenters. The molecule has 2 heterocycles. The van der Waals surface area contributed by atoms with Crippen LogP contribution in [-0.4, -0.2) is 22.1 Å². The van der Waals surface area contributed by atoms with Crippen LogP contribution in [0.4, 0.5) is 0 Å². The predicted octanol–water partition coefficient (Wildman–Crippen LogP) is 2.07. The fraction of sp³-hybridized carbons (Fsp3) is 0.154. The molecule has 0 saturated heterocycles. The number of rotatable bonds is 5. The van der Waals surface area contributed by atoms with Crippen molar-refractivity contribution >= 4 is 29.3 Å². The first-order valence-electron chi connectivity index (χ1n) is 5.75. The van der Waals surface area contributed by atoms with E-state index in [9.17, 15) is 9.59 Å². The molecule has 0 bridgehead atoms. The molecule has 6 nitrogen and oxygen atoms in total. The molecule has 1 amide bonds. The number of aromatic nitrogens is 1. The summed E-state index contributed by atoms with van der Waals surface area (Å²) >= 11 is 1.44. The van der Waals surface area contributed by atoms with Gasteiger partial charge in [-0.25, -0.2) is 4.79 Å². The monoisotopic (exact) mass is 292 g/mol. The average Bonchev–Trinajstić information content (AvgIpc) is 3.02. The molecule has 2 rings (SSSR count). The second-order valence-corrected chi connectivity index (χ2v) is 4.98. The van der Waals surface area contributed by atoms with E-state index < -0.39 is 5.97 Å². The largest absolute Gasteiger partial charge is 0.478 e. The summed E-state index contributed by atoms with van der Waals surface area (Å²) in [5, 5.41) is 16.8. The Morgan fingerprint density at radius 3 is 3.00 bits per heavy atom. The van der Waals surface area contributed by atoms with Crippen molar-refractivity contribution in [1.82, 2.24) is 10.5 Å². The van der Waals surface area contributed by atoms with Crippen LogP contribution < -0.4 is 5.32 Å². The summed E-state index contributed by atoms with van der Waals surface area (Å²) in [6.45, 7) is 2.01. The molecule has 0 aliphatic carbocycles. The van der Waals surface area contributed by atoms with Crippen LogP contribution in [0.5, 0.6) is 0 Å². The summed E-state index contributed by atoms with van der Waals surface area (Å²) < 4.78 is 4.83. The molecule has 104 valence electrons. The van der Waals surface area contributed by atoms with Gasteiger partial charge >= 0.3 is 5.97 Å². The summed E-state index contributed by atoms with van der Waals surface area (Å²) in [5.41, 5.74) is 0.996. The van der Waals surface area contributed by atoms with E-state index in [1.807, 2.05) is 5.38 Å². The molecule has 20 heavy (non-hydrogen) atoms. The number of aliphatic carboxylic acids is 1. The van der Waals surface area contributed by atoms with Gasteiger partial charge in [0, 0.05) is 17.0 Å². The number of nitrogens with one attached hydrogen (secondary N) is 1. The van der Waals surface area contributed by atoms with Crippen LogP contribution in [0.2, 0.25) is 0 Å². The van der Waals surface area contributed by atoms with Crippen LogP contribution in [0.3, 0.4) is 0 Å². The average molecular weight is 292 g/mol. The van der Waals surface area contributed by atoms with Crippen LogP contribution in [0.15, 0.2) is 28.1 Å². The van der Waals surface area contributed by atoms with E-state index in [0.717, 1.165) is 16.5 Å². The summed E-state index contributed by atoms with van der Waals surface area (Å²) in [5.74, 6) is -0.774. The van der Waals surface area contributed by atoms with Gasteiger partial charge in [-0.1, -0.05) is 5.16 Å². The zero-order chi connectivity index (χ0) is 14.5. The Balaban J connectivity index is 1.99. The molecule has 0 saturated carbocycles. The lowest BCUT2D eigenvalue weighted by Crippen LogP contribution is -2.22. The highest BCUT2D eigenvalue weighted by atomic mass is 32.1.